The van der Waals surface area contributed by atoms with Crippen LogP contribution in [0.25, 0.3) is 10.9 Å². The molecule has 110 heavy (non-hydrogen) atoms. The molecular weight excluding hydrogens is 1460 g/mol. The third-order valence-corrected chi connectivity index (χ3v) is 18.5. The number of fused-ring (bicyclic) bond motifs is 1. The summed E-state index contributed by atoms with van der Waals surface area (Å²) in [6.07, 6.45) is 0.922. The smallest absolute Gasteiger partial charge is 0.347 e. The largest absolute Gasteiger partial charge is 0.481 e. The molecule has 604 valence electrons. The van der Waals surface area contributed by atoms with Gasteiger partial charge in [0.1, 0.15) is 66.1 Å². The maximum atomic E-state index is 14.9. The van der Waals surface area contributed by atoms with Crippen LogP contribution in [0.5, 0.6) is 0 Å². The van der Waals surface area contributed by atoms with Crippen molar-refractivity contribution in [1.82, 2.24) is 88.7 Å². The molecular formula is C66H100N24O19S. The number of amides is 13. The number of H-pyrrole nitrogens is 3. The SMILES string of the molecule is CC[C@@H](C)C(N)(N)C(=O)N[C@@H]1CSOC[C@H](C(=O)N[C@@](N)(C(=O)O)[C@@H](C)O)NC(=O)[C@H](CCCN=C(N)N)NC(=O)[C@@H](Cc2cnc[nH]2)NC(=O)[C@H](Cc2cnc[nH]2)NC(=O)CNC(=O)[C@H](Cc2c[nH]c3ccccc23)NC(=O)[C@@H](CC(=O)O)NC(=O)[C@H](CCC(N)=O)NC(=O)[C@@H](C(C)C)NC(=O)C(C(C)C)NC1=O. The van der Waals surface area contributed by atoms with Gasteiger partial charge < -0.3 is 127 Å². The van der Waals surface area contributed by atoms with Crippen LogP contribution in [0.15, 0.2) is 60.5 Å². The number of imidazole rings is 2. The van der Waals surface area contributed by atoms with Gasteiger partial charge in [0, 0.05) is 78.9 Å². The molecule has 30 N–H and O–H groups in total. The van der Waals surface area contributed by atoms with E-state index in [0.717, 1.165) is 6.92 Å². The Morgan fingerprint density at radius 2 is 1.16 bits per heavy atom. The van der Waals surface area contributed by atoms with Crippen LogP contribution in [-0.4, -0.2) is 238 Å². The molecule has 4 heterocycles. The lowest BCUT2D eigenvalue weighted by atomic mass is 9.92. The van der Waals surface area contributed by atoms with Gasteiger partial charge in [0.25, 0.3) is 5.91 Å². The Hall–Kier alpha value is -11.3. The van der Waals surface area contributed by atoms with Crippen LogP contribution in [0.3, 0.4) is 0 Å². The van der Waals surface area contributed by atoms with Crippen LogP contribution in [0.1, 0.15) is 104 Å². The first-order valence-electron chi connectivity index (χ1n) is 35.0. The second-order valence-corrected chi connectivity index (χ2v) is 27.8. The number of benzene rings is 1. The zero-order valence-electron chi connectivity index (χ0n) is 61.6. The Balaban J connectivity index is 1.68. The van der Waals surface area contributed by atoms with Crippen molar-refractivity contribution in [3.63, 3.8) is 0 Å². The minimum atomic E-state index is -2.95. The number of primary amides is 1. The van der Waals surface area contributed by atoms with Gasteiger partial charge in [0.05, 0.1) is 38.3 Å². The quantitative estimate of drug-likeness (QED) is 0.00963. The summed E-state index contributed by atoms with van der Waals surface area (Å²) in [5.41, 5.74) is 31.7. The van der Waals surface area contributed by atoms with E-state index in [1.807, 2.05) is 5.32 Å². The standard InChI is InChI=1S/C66H100N24O19S/c1-8-32(6)65(70,71)62(106)87-46-27-110-109-26-45(59(103)90-66(72,33(7)91)63(107)108)86-53(97)39(14-11-17-75-64(68)69)81-56(100)43(20-36-24-74-29-79-36)84-55(99)42(19-35-23-73-28-78-35)80-48(93)25-77-52(96)41(18-34-22-76-38-13-10-9-12-37(34)38)83-57(101)44(21-49(94)95)85-54(98)40(15-16-47(67)92)82-60(104)50(30(2)3)89-61(105)51(31(4)5)88-58(46)102/h9-10,12-13,22-24,28-33,39-46,50-51,76,91H,8,11,14-21,25-27,70-72H2,1-7H3,(H2,67,92)(H,73,78)(H,74,79)(H,77,96)(H,80,93)(H,81,100)(H,82,104)(H,83,101)(H,84,99)(H,85,98)(H,86,97)(H,87,106)(H,88,102)(H,89,105)(H,90,103)(H,94,95)(H,107,108)(H4,68,69,75)/t32-,33-,39+,40+,41+,42+,43-,44-,45-,46-,50-,51?,66-/m1/s1. The Morgan fingerprint density at radius 3 is 1.71 bits per heavy atom. The highest BCUT2D eigenvalue weighted by molar-refractivity contribution is 7.94. The van der Waals surface area contributed by atoms with E-state index in [0.29, 0.717) is 28.5 Å². The van der Waals surface area contributed by atoms with Gasteiger partial charge in [-0.1, -0.05) is 66.2 Å². The van der Waals surface area contributed by atoms with Crippen molar-refractivity contribution >= 4 is 118 Å². The van der Waals surface area contributed by atoms with Gasteiger partial charge in [-0.3, -0.25) is 77.8 Å². The number of carboxylic acid groups (broad SMARTS) is 2. The summed E-state index contributed by atoms with van der Waals surface area (Å²) in [7, 11) is 0. The summed E-state index contributed by atoms with van der Waals surface area (Å²) < 4.78 is 5.81. The fourth-order valence-electron chi connectivity index (χ4n) is 10.9. The van der Waals surface area contributed by atoms with E-state index in [4.69, 9.17) is 38.6 Å². The maximum Gasteiger partial charge on any atom is 0.347 e. The molecule has 13 amide bonds. The Morgan fingerprint density at radius 1 is 0.645 bits per heavy atom. The van der Waals surface area contributed by atoms with Crippen molar-refractivity contribution in [3.8, 4) is 0 Å². The average Bonchev–Trinajstić information content (AvgIpc) is 1.58. The molecule has 1 unspecified atom stereocenters. The van der Waals surface area contributed by atoms with Crippen molar-refractivity contribution in [2.45, 2.75) is 184 Å². The number of aromatic nitrogens is 5. The highest BCUT2D eigenvalue weighted by Gasteiger charge is 2.45. The summed E-state index contributed by atoms with van der Waals surface area (Å²) in [4.78, 5) is 232. The van der Waals surface area contributed by atoms with Crippen LogP contribution in [-0.2, 0) is 95.4 Å². The topological polar surface area (TPSA) is 712 Å². The number of guanidine groups is 1. The summed E-state index contributed by atoms with van der Waals surface area (Å²) in [5, 5.41) is 60.5. The first kappa shape index (κ1) is 89.3. The number of carboxylic acids is 2. The molecule has 1 aromatic carbocycles. The molecule has 13 atom stereocenters. The molecule has 44 heteroatoms. The van der Waals surface area contributed by atoms with Gasteiger partial charge in [-0.25, -0.2) is 14.8 Å². The summed E-state index contributed by atoms with van der Waals surface area (Å²) in [6, 6.07) is -10.9. The summed E-state index contributed by atoms with van der Waals surface area (Å²) in [5.74, 6) is -21.9. The van der Waals surface area contributed by atoms with Crippen molar-refractivity contribution in [3.05, 3.63) is 72.5 Å². The molecule has 0 spiro atoms. The van der Waals surface area contributed by atoms with E-state index < -0.39 is 229 Å². The van der Waals surface area contributed by atoms with E-state index >= 15 is 0 Å². The van der Waals surface area contributed by atoms with E-state index in [-0.39, 0.29) is 56.0 Å². The fraction of sp³-hybridized carbons (Fsp3) is 0.545. The second-order valence-electron chi connectivity index (χ2n) is 27.0. The molecule has 3 aromatic heterocycles. The molecule has 0 saturated carbocycles. The predicted molar refractivity (Wildman–Crippen MR) is 393 cm³/mol. The molecule has 1 fully saturated rings. The molecule has 0 aliphatic carbocycles. The normalized spacial score (nSPS) is 23.2. The highest BCUT2D eigenvalue weighted by Crippen LogP contribution is 2.21. The Labute approximate surface area is 634 Å². The third-order valence-electron chi connectivity index (χ3n) is 17.8. The zero-order chi connectivity index (χ0) is 81.9. The number of aliphatic carboxylic acids is 2. The van der Waals surface area contributed by atoms with Crippen LogP contribution < -0.4 is 98.2 Å². The predicted octanol–water partition coefficient (Wildman–Crippen LogP) is -7.71. The van der Waals surface area contributed by atoms with Crippen molar-refractivity contribution in [2.24, 2.45) is 57.1 Å². The zero-order valence-corrected chi connectivity index (χ0v) is 62.4. The molecule has 1 aliphatic rings. The van der Waals surface area contributed by atoms with Gasteiger partial charge in [0.15, 0.2) is 5.96 Å². The Bertz CT molecular complexity index is 3930. The van der Waals surface area contributed by atoms with Crippen LogP contribution >= 0.6 is 12.0 Å². The number of aromatic amines is 3. The molecule has 0 radical (unpaired) electrons. The lowest BCUT2D eigenvalue weighted by Gasteiger charge is -2.32. The number of hydrogen-bond acceptors (Lipinski definition) is 24. The average molecular weight is 1570 g/mol. The fourth-order valence-corrected chi connectivity index (χ4v) is 11.6. The van der Waals surface area contributed by atoms with E-state index in [1.54, 1.807) is 38.1 Å². The Kier molecular flexibility index (Phi) is 34.0. The number of rotatable bonds is 25. The molecule has 5 rings (SSSR count). The lowest BCUT2D eigenvalue weighted by Crippen LogP contribution is -2.70. The van der Waals surface area contributed by atoms with Gasteiger partial charge in [-0.15, -0.1) is 0 Å². The number of nitrogens with one attached hydrogen (secondary N) is 15. The second kappa shape index (κ2) is 41.8. The number of hydrogen-bond donors (Lipinski definition) is 24. The minimum Gasteiger partial charge on any atom is -0.481 e. The van der Waals surface area contributed by atoms with Crippen LogP contribution in [0.4, 0.5) is 0 Å². The van der Waals surface area contributed by atoms with Gasteiger partial charge in [-0.2, -0.15) is 0 Å². The van der Waals surface area contributed by atoms with E-state index in [1.165, 1.54) is 58.9 Å². The molecule has 43 nitrogen and oxygen atoms in total. The third kappa shape index (κ3) is 26.8. The van der Waals surface area contributed by atoms with Gasteiger partial charge >= 0.3 is 11.9 Å². The number of carbonyl (C=O) groups is 15. The number of aliphatic hydroxyl groups is 1. The molecule has 0 bridgehead atoms. The number of para-hydroxylation sites is 1. The monoisotopic (exact) mass is 1560 g/mol. The van der Waals surface area contributed by atoms with Crippen molar-refractivity contribution in [2.75, 3.05) is 25.4 Å². The van der Waals surface area contributed by atoms with Crippen LogP contribution in [0.2, 0.25) is 0 Å². The number of carbonyl (C=O) groups excluding carboxylic acids is 13. The number of nitrogens with zero attached hydrogens (tertiary/aromatic N) is 3. The number of aliphatic imine (C=N–C) groups is 1. The summed E-state index contributed by atoms with van der Waals surface area (Å²) >= 11 is 0.348. The van der Waals surface area contributed by atoms with Crippen molar-refractivity contribution in [1.29, 1.82) is 0 Å². The summed E-state index contributed by atoms with van der Waals surface area (Å²) in [6.45, 7) is 7.99. The molecule has 1 saturated heterocycles. The molecule has 4 aromatic rings. The minimum absolute atomic E-state index is 0.0927. The number of nitrogens with two attached hydrogens (primary N) is 6. The van der Waals surface area contributed by atoms with E-state index in [9.17, 15) is 87.2 Å². The van der Waals surface area contributed by atoms with Gasteiger partial charge in [0.2, 0.25) is 76.5 Å². The van der Waals surface area contributed by atoms with Crippen molar-refractivity contribution < 1.29 is 91.4 Å². The highest BCUT2D eigenvalue weighted by atomic mass is 32.2. The molecule has 1 aliphatic heterocycles. The number of aliphatic hydroxyl groups excluding tert-OH is 1. The lowest BCUT2D eigenvalue weighted by molar-refractivity contribution is -0.153. The van der Waals surface area contributed by atoms with Gasteiger partial charge in [-0.05, 0) is 67.6 Å². The van der Waals surface area contributed by atoms with E-state index in [2.05, 4.69) is 88.4 Å². The first-order valence-corrected chi connectivity index (χ1v) is 35.9. The maximum absolute atomic E-state index is 14.9. The van der Waals surface area contributed by atoms with Crippen LogP contribution in [0, 0.1) is 17.8 Å². The first-order chi connectivity index (χ1) is 51.7.